The van der Waals surface area contributed by atoms with Crippen molar-refractivity contribution >= 4 is 44.8 Å². The third-order valence-electron chi connectivity index (χ3n) is 5.15. The summed E-state index contributed by atoms with van der Waals surface area (Å²) in [6.07, 6.45) is 0.998. The highest BCUT2D eigenvalue weighted by atomic mass is 35.5. The number of ether oxygens (including phenoxy) is 2. The van der Waals surface area contributed by atoms with Crippen molar-refractivity contribution in [2.75, 3.05) is 25.3 Å². The van der Waals surface area contributed by atoms with Crippen LogP contribution in [0.3, 0.4) is 0 Å². The minimum absolute atomic E-state index is 0.00493. The molecule has 0 aliphatic heterocycles. The molecule has 192 valence electrons. The monoisotopic (exact) mass is 551 g/mol. The predicted molar refractivity (Wildman–Crippen MR) is 139 cm³/mol. The highest BCUT2D eigenvalue weighted by molar-refractivity contribution is 7.99. The average molecular weight is 552 g/mol. The molecule has 0 atom stereocenters. The number of hydrogen-bond acceptors (Lipinski definition) is 8. The van der Waals surface area contributed by atoms with Crippen LogP contribution in [0, 0.1) is 0 Å². The van der Waals surface area contributed by atoms with Crippen molar-refractivity contribution < 1.29 is 22.7 Å². The number of methoxy groups -OCH3 is 2. The minimum Gasteiger partial charge on any atom is -0.495 e. The molecular weight excluding hydrogens is 526 g/mol. The maximum absolute atomic E-state index is 13.0. The van der Waals surface area contributed by atoms with Crippen LogP contribution in [0.1, 0.15) is 26.3 Å². The highest BCUT2D eigenvalue weighted by Crippen LogP contribution is 2.36. The van der Waals surface area contributed by atoms with Crippen molar-refractivity contribution in [2.45, 2.75) is 41.1 Å². The van der Waals surface area contributed by atoms with Gasteiger partial charge in [0.2, 0.25) is 15.7 Å². The zero-order valence-electron chi connectivity index (χ0n) is 20.3. The van der Waals surface area contributed by atoms with E-state index in [2.05, 4.69) is 15.3 Å². The molecule has 0 aliphatic rings. The summed E-state index contributed by atoms with van der Waals surface area (Å²) < 4.78 is 36.3. The molecule has 2 N–H and O–H groups in total. The quantitative estimate of drug-likeness (QED) is 0.313. The third-order valence-corrected chi connectivity index (χ3v) is 8.10. The zero-order chi connectivity index (χ0) is 26.7. The van der Waals surface area contributed by atoms with Gasteiger partial charge >= 0.3 is 0 Å². The van der Waals surface area contributed by atoms with Gasteiger partial charge in [0, 0.05) is 6.07 Å². The van der Waals surface area contributed by atoms with Gasteiger partial charge in [0.05, 0.1) is 41.8 Å². The number of carbonyl (C=O) groups excluding carboxylic acids is 1. The van der Waals surface area contributed by atoms with Crippen LogP contribution in [0.15, 0.2) is 62.3 Å². The van der Waals surface area contributed by atoms with Crippen molar-refractivity contribution in [3.8, 4) is 11.5 Å². The number of aromatic nitrogens is 2. The Bertz CT molecular complexity index is 1430. The Morgan fingerprint density at radius 1 is 1.11 bits per heavy atom. The number of amides is 1. The fraction of sp³-hybridized carbons (Fsp3) is 0.292. The van der Waals surface area contributed by atoms with Crippen molar-refractivity contribution in [1.82, 2.24) is 9.97 Å². The van der Waals surface area contributed by atoms with Crippen molar-refractivity contribution in [1.29, 1.82) is 0 Å². The standard InChI is InChI=1S/C24H26ClN3O6S2/c1-24(2,3)14-6-8-15(9-7-14)36(31,32)20-12-26-23(28-22(20)30)35-13-21(29)27-17-10-16(25)18(33-4)11-19(17)34-5/h6-12H,13H2,1-5H3,(H,27,29)(H,26,28,30). The van der Waals surface area contributed by atoms with Crippen LogP contribution < -0.4 is 20.3 Å². The van der Waals surface area contributed by atoms with E-state index < -0.39 is 26.2 Å². The van der Waals surface area contributed by atoms with Crippen molar-refractivity contribution in [3.05, 3.63) is 63.5 Å². The number of benzene rings is 2. The molecule has 0 aliphatic carbocycles. The second-order valence-corrected chi connectivity index (χ2v) is 12.0. The molecule has 0 bridgehead atoms. The van der Waals surface area contributed by atoms with Crippen LogP contribution in [0.5, 0.6) is 11.5 Å². The lowest BCUT2D eigenvalue weighted by Crippen LogP contribution is -2.20. The SMILES string of the molecule is COc1cc(OC)c(NC(=O)CSc2ncc(S(=O)(=O)c3ccc(C(C)(C)C)cc3)c(=O)[nH]2)cc1Cl. The smallest absolute Gasteiger partial charge is 0.270 e. The molecule has 0 saturated carbocycles. The summed E-state index contributed by atoms with van der Waals surface area (Å²) in [4.78, 5) is 31.0. The third kappa shape index (κ3) is 6.21. The van der Waals surface area contributed by atoms with E-state index in [-0.39, 0.29) is 26.2 Å². The number of carbonyl (C=O) groups is 1. The maximum Gasteiger partial charge on any atom is 0.270 e. The second kappa shape index (κ2) is 10.9. The van der Waals surface area contributed by atoms with Gasteiger partial charge in [-0.15, -0.1) is 0 Å². The number of H-pyrrole nitrogens is 1. The molecule has 1 heterocycles. The van der Waals surface area contributed by atoms with E-state index >= 15 is 0 Å². The van der Waals surface area contributed by atoms with Crippen molar-refractivity contribution in [2.24, 2.45) is 0 Å². The summed E-state index contributed by atoms with van der Waals surface area (Å²) in [6, 6.07) is 9.43. The normalized spacial score (nSPS) is 11.7. The molecule has 0 saturated heterocycles. The van der Waals surface area contributed by atoms with Gasteiger partial charge in [0.1, 0.15) is 11.5 Å². The fourth-order valence-corrected chi connectivity index (χ4v) is 5.28. The first kappa shape index (κ1) is 27.6. The fourth-order valence-electron chi connectivity index (χ4n) is 3.17. The largest absolute Gasteiger partial charge is 0.495 e. The first-order chi connectivity index (χ1) is 16.9. The molecule has 12 heteroatoms. The topological polar surface area (TPSA) is 127 Å². The van der Waals surface area contributed by atoms with Crippen LogP contribution in [0.2, 0.25) is 5.02 Å². The Hall–Kier alpha value is -3.02. The van der Waals surface area contributed by atoms with Gasteiger partial charge < -0.3 is 19.8 Å². The lowest BCUT2D eigenvalue weighted by molar-refractivity contribution is -0.113. The molecule has 36 heavy (non-hydrogen) atoms. The van der Waals surface area contributed by atoms with E-state index in [4.69, 9.17) is 21.1 Å². The van der Waals surface area contributed by atoms with Crippen LogP contribution in [0.25, 0.3) is 0 Å². The van der Waals surface area contributed by atoms with Gasteiger partial charge in [0.15, 0.2) is 10.1 Å². The molecule has 1 aromatic heterocycles. The Morgan fingerprint density at radius 2 is 1.75 bits per heavy atom. The van der Waals surface area contributed by atoms with E-state index in [1.54, 1.807) is 18.2 Å². The number of hydrogen-bond donors (Lipinski definition) is 2. The van der Waals surface area contributed by atoms with Gasteiger partial charge in [-0.3, -0.25) is 9.59 Å². The Labute approximate surface area is 218 Å². The van der Waals surface area contributed by atoms with E-state index in [1.807, 2.05) is 20.8 Å². The molecule has 0 spiro atoms. The van der Waals surface area contributed by atoms with Gasteiger partial charge in [-0.2, -0.15) is 0 Å². The summed E-state index contributed by atoms with van der Waals surface area (Å²) in [5, 5.41) is 3.05. The van der Waals surface area contributed by atoms with E-state index in [9.17, 15) is 18.0 Å². The average Bonchev–Trinajstić information content (AvgIpc) is 2.82. The first-order valence-electron chi connectivity index (χ1n) is 10.7. The minimum atomic E-state index is -4.07. The second-order valence-electron chi connectivity index (χ2n) is 8.68. The molecule has 3 rings (SSSR count). The van der Waals surface area contributed by atoms with Crippen LogP contribution in [0.4, 0.5) is 5.69 Å². The summed E-state index contributed by atoms with van der Waals surface area (Å²) in [6.45, 7) is 6.05. The summed E-state index contributed by atoms with van der Waals surface area (Å²) in [5.41, 5.74) is 0.343. The lowest BCUT2D eigenvalue weighted by Gasteiger charge is -2.19. The van der Waals surface area contributed by atoms with Crippen LogP contribution in [-0.4, -0.2) is 44.3 Å². The predicted octanol–water partition coefficient (Wildman–Crippen LogP) is 4.30. The maximum atomic E-state index is 13.0. The lowest BCUT2D eigenvalue weighted by atomic mass is 9.87. The Kier molecular flexibility index (Phi) is 8.37. The number of nitrogens with zero attached hydrogens (tertiary/aromatic N) is 1. The molecule has 1 amide bonds. The molecule has 2 aromatic carbocycles. The van der Waals surface area contributed by atoms with Crippen LogP contribution >= 0.6 is 23.4 Å². The van der Waals surface area contributed by atoms with Crippen LogP contribution in [-0.2, 0) is 20.0 Å². The summed E-state index contributed by atoms with van der Waals surface area (Å²) >= 11 is 7.05. The molecule has 9 nitrogen and oxygen atoms in total. The molecule has 0 fully saturated rings. The summed E-state index contributed by atoms with van der Waals surface area (Å²) in [7, 11) is -1.17. The summed E-state index contributed by atoms with van der Waals surface area (Å²) in [5.74, 6) is 0.211. The zero-order valence-corrected chi connectivity index (χ0v) is 22.7. The number of sulfone groups is 1. The number of rotatable bonds is 8. The Morgan fingerprint density at radius 3 is 2.31 bits per heavy atom. The van der Waals surface area contributed by atoms with Crippen molar-refractivity contribution in [3.63, 3.8) is 0 Å². The van der Waals surface area contributed by atoms with Gasteiger partial charge in [-0.25, -0.2) is 13.4 Å². The highest BCUT2D eigenvalue weighted by Gasteiger charge is 2.24. The number of aromatic amines is 1. The van der Waals surface area contributed by atoms with E-state index in [1.165, 1.54) is 32.4 Å². The number of anilines is 1. The number of nitrogens with one attached hydrogen (secondary N) is 2. The van der Waals surface area contributed by atoms with Gasteiger partial charge in [0.25, 0.3) is 5.56 Å². The number of thioether (sulfide) groups is 1. The Balaban J connectivity index is 1.72. The molecule has 3 aromatic rings. The van der Waals surface area contributed by atoms with Gasteiger partial charge in [-0.1, -0.05) is 56.3 Å². The molecule has 0 radical (unpaired) electrons. The number of halogens is 1. The van der Waals surface area contributed by atoms with E-state index in [0.717, 1.165) is 23.5 Å². The first-order valence-corrected chi connectivity index (χ1v) is 13.5. The molecule has 0 unspecified atom stereocenters. The molecular formula is C24H26ClN3O6S2. The van der Waals surface area contributed by atoms with Gasteiger partial charge in [-0.05, 0) is 29.2 Å². The van der Waals surface area contributed by atoms with E-state index in [0.29, 0.717) is 17.2 Å².